The zero-order valence-corrected chi connectivity index (χ0v) is 21.4. The molecule has 5 aromatic rings. The summed E-state index contributed by atoms with van der Waals surface area (Å²) in [5.41, 5.74) is 3.19. The fourth-order valence-corrected chi connectivity index (χ4v) is 5.42. The predicted molar refractivity (Wildman–Crippen MR) is 144 cm³/mol. The highest BCUT2D eigenvalue weighted by molar-refractivity contribution is 5.99. The Kier molecular flexibility index (Phi) is 6.02. The van der Waals surface area contributed by atoms with Crippen LogP contribution in [-0.2, 0) is 0 Å². The molecule has 0 bridgehead atoms. The van der Waals surface area contributed by atoms with Crippen LogP contribution in [-0.4, -0.2) is 55.7 Å². The van der Waals surface area contributed by atoms with Gasteiger partial charge in [0, 0.05) is 30.1 Å². The van der Waals surface area contributed by atoms with Gasteiger partial charge >= 0.3 is 0 Å². The number of piperidine rings is 1. The number of phenolic OH excluding ortho intramolecular Hbond substituents is 1. The highest BCUT2D eigenvalue weighted by Crippen LogP contribution is 2.35. The van der Waals surface area contributed by atoms with Crippen molar-refractivity contribution in [1.29, 1.82) is 0 Å². The minimum absolute atomic E-state index is 0.0187. The second-order valence-corrected chi connectivity index (χ2v) is 9.83. The zero-order valence-electron chi connectivity index (χ0n) is 21.4. The minimum Gasteiger partial charge on any atom is -0.502 e. The van der Waals surface area contributed by atoms with E-state index in [2.05, 4.69) is 27.3 Å². The summed E-state index contributed by atoms with van der Waals surface area (Å²) in [5, 5.41) is 18.1. The van der Waals surface area contributed by atoms with Gasteiger partial charge in [-0.1, -0.05) is 30.3 Å². The molecule has 198 valence electrons. The lowest BCUT2D eigenvalue weighted by Crippen LogP contribution is -2.39. The molecule has 1 amide bonds. The van der Waals surface area contributed by atoms with E-state index in [0.29, 0.717) is 29.7 Å². The third-order valence-electron chi connectivity index (χ3n) is 7.41. The van der Waals surface area contributed by atoms with Crippen molar-refractivity contribution in [3.63, 3.8) is 0 Å². The Labute approximate surface area is 222 Å². The predicted octanol–water partition coefficient (Wildman–Crippen LogP) is 4.42. The van der Waals surface area contributed by atoms with Gasteiger partial charge in [0.2, 0.25) is 5.65 Å². The lowest BCUT2D eigenvalue weighted by atomic mass is 9.90. The van der Waals surface area contributed by atoms with Crippen LogP contribution in [0.3, 0.4) is 0 Å². The van der Waals surface area contributed by atoms with Crippen LogP contribution >= 0.6 is 0 Å². The van der Waals surface area contributed by atoms with Crippen molar-refractivity contribution in [2.45, 2.75) is 25.7 Å². The van der Waals surface area contributed by atoms with Crippen LogP contribution < -0.4 is 10.3 Å². The van der Waals surface area contributed by atoms with Crippen LogP contribution in [0, 0.1) is 12.7 Å². The lowest BCUT2D eigenvalue weighted by molar-refractivity contribution is 0.0706. The molecule has 1 saturated heterocycles. The number of nitrogens with one attached hydrogen (secondary N) is 1. The third kappa shape index (κ3) is 4.18. The monoisotopic (exact) mass is 527 g/mol. The smallest absolute Gasteiger partial charge is 0.294 e. The highest BCUT2D eigenvalue weighted by Gasteiger charge is 2.27. The van der Waals surface area contributed by atoms with Gasteiger partial charge in [0.25, 0.3) is 11.5 Å². The Morgan fingerprint density at radius 3 is 2.72 bits per heavy atom. The average Bonchev–Trinajstić information content (AvgIpc) is 3.41. The van der Waals surface area contributed by atoms with Gasteiger partial charge in [-0.25, -0.2) is 4.39 Å². The number of hydrogen-bond donors (Lipinski definition) is 2. The number of ether oxygens (including phenoxy) is 1. The number of aromatic hydroxyl groups is 1. The Balaban J connectivity index is 1.43. The number of likely N-dealkylation sites (tertiary alicyclic amines) is 1. The number of rotatable bonds is 4. The van der Waals surface area contributed by atoms with E-state index in [1.165, 1.54) is 23.1 Å². The number of halogens is 1. The van der Waals surface area contributed by atoms with E-state index in [1.54, 1.807) is 12.1 Å². The van der Waals surface area contributed by atoms with Gasteiger partial charge in [-0.3, -0.25) is 14.0 Å². The van der Waals surface area contributed by atoms with Gasteiger partial charge in [0.05, 0.1) is 18.1 Å². The molecule has 0 aliphatic carbocycles. The van der Waals surface area contributed by atoms with Gasteiger partial charge in [-0.2, -0.15) is 0 Å². The first-order valence-corrected chi connectivity index (χ1v) is 12.7. The minimum atomic E-state index is -0.894. The van der Waals surface area contributed by atoms with Crippen LogP contribution in [0.1, 0.15) is 40.2 Å². The van der Waals surface area contributed by atoms with Crippen molar-refractivity contribution in [3.8, 4) is 22.9 Å². The molecule has 0 saturated carbocycles. The number of phenols is 1. The van der Waals surface area contributed by atoms with E-state index in [9.17, 15) is 19.1 Å². The number of benzene rings is 3. The molecule has 6 rings (SSSR count). The Morgan fingerprint density at radius 1 is 1.15 bits per heavy atom. The van der Waals surface area contributed by atoms with Crippen molar-refractivity contribution >= 4 is 22.6 Å². The van der Waals surface area contributed by atoms with Crippen molar-refractivity contribution in [1.82, 2.24) is 24.5 Å². The summed E-state index contributed by atoms with van der Waals surface area (Å²) < 4.78 is 21.0. The number of H-pyrrole nitrogens is 1. The van der Waals surface area contributed by atoms with Crippen LogP contribution in [0.4, 0.5) is 4.39 Å². The van der Waals surface area contributed by atoms with Crippen LogP contribution in [0.25, 0.3) is 28.1 Å². The Hall–Kier alpha value is -4.73. The molecule has 10 heteroatoms. The molecule has 2 N–H and O–H groups in total. The number of fused-ring (bicyclic) bond motifs is 3. The van der Waals surface area contributed by atoms with Gasteiger partial charge < -0.3 is 19.7 Å². The van der Waals surface area contributed by atoms with E-state index in [-0.39, 0.29) is 34.6 Å². The maximum Gasteiger partial charge on any atom is 0.294 e. The Bertz CT molecular complexity index is 1800. The molecule has 3 heterocycles. The molecule has 1 atom stereocenters. The number of nitrogens with zero attached hydrogens (tertiary/aromatic N) is 4. The van der Waals surface area contributed by atoms with Crippen LogP contribution in [0.2, 0.25) is 0 Å². The molecule has 1 unspecified atom stereocenters. The maximum absolute atomic E-state index is 14.4. The Morgan fingerprint density at radius 2 is 1.95 bits per heavy atom. The van der Waals surface area contributed by atoms with E-state index >= 15 is 0 Å². The molecule has 1 aliphatic rings. The second-order valence-electron chi connectivity index (χ2n) is 9.83. The van der Waals surface area contributed by atoms with Gasteiger partial charge in [-0.05, 0) is 55.2 Å². The summed E-state index contributed by atoms with van der Waals surface area (Å²) in [6.07, 6.45) is 1.93. The number of methoxy groups -OCH3 is 1. The molecule has 0 spiro atoms. The molecule has 1 aliphatic heterocycles. The van der Waals surface area contributed by atoms with E-state index in [0.717, 1.165) is 24.5 Å². The molecule has 1 fully saturated rings. The SMILES string of the molecule is COc1cc(-c2nnc3c(=O)[nH]c4cc(C(=O)N5CCCC(c6ccccc6)C5)c(C)cc4n23)cc(F)c1O. The topological polar surface area (TPSA) is 113 Å². The quantitative estimate of drug-likeness (QED) is 0.358. The second kappa shape index (κ2) is 9.54. The number of aromatic amines is 1. The van der Waals surface area contributed by atoms with Crippen molar-refractivity contribution in [3.05, 3.63) is 87.5 Å². The van der Waals surface area contributed by atoms with E-state index < -0.39 is 17.1 Å². The summed E-state index contributed by atoms with van der Waals surface area (Å²) in [6.45, 7) is 3.13. The van der Waals surface area contributed by atoms with Gasteiger partial charge in [0.1, 0.15) is 0 Å². The number of hydrogen-bond acceptors (Lipinski definition) is 6. The summed E-state index contributed by atoms with van der Waals surface area (Å²) in [4.78, 5) is 31.3. The number of carbonyl (C=O) groups excluding carboxylic acids is 1. The molecular weight excluding hydrogens is 501 g/mol. The first-order valence-electron chi connectivity index (χ1n) is 12.7. The maximum atomic E-state index is 14.4. The van der Waals surface area contributed by atoms with Gasteiger partial charge in [0.15, 0.2) is 23.1 Å². The average molecular weight is 528 g/mol. The van der Waals surface area contributed by atoms with Crippen molar-refractivity contribution < 1.29 is 19.0 Å². The standard InChI is InChI=1S/C29H26FN5O4/c1-16-11-23-22(14-20(16)29(38)34-10-6-9-18(15-34)17-7-4-3-5-8-17)31-28(37)27-33-32-26(35(23)27)19-12-21(30)25(36)24(13-19)39-2/h3-5,7-8,11-14,18,36H,6,9-10,15H2,1-2H3,(H,31,37). The number of amides is 1. The third-order valence-corrected chi connectivity index (χ3v) is 7.41. The summed E-state index contributed by atoms with van der Waals surface area (Å²) >= 11 is 0. The molecule has 0 radical (unpaired) electrons. The first kappa shape index (κ1) is 24.6. The largest absolute Gasteiger partial charge is 0.502 e. The van der Waals surface area contributed by atoms with Crippen LogP contribution in [0.5, 0.6) is 11.5 Å². The molecular formula is C29H26FN5O4. The van der Waals surface area contributed by atoms with Crippen LogP contribution in [0.15, 0.2) is 59.4 Å². The fourth-order valence-electron chi connectivity index (χ4n) is 5.42. The molecule has 3 aromatic carbocycles. The van der Waals surface area contributed by atoms with E-state index in [4.69, 9.17) is 4.74 Å². The first-order chi connectivity index (χ1) is 18.9. The number of aryl methyl sites for hydroxylation is 1. The normalized spacial score (nSPS) is 15.7. The zero-order chi connectivity index (χ0) is 27.3. The molecule has 2 aromatic heterocycles. The molecule has 39 heavy (non-hydrogen) atoms. The summed E-state index contributed by atoms with van der Waals surface area (Å²) in [7, 11) is 1.31. The van der Waals surface area contributed by atoms with Crippen molar-refractivity contribution in [2.75, 3.05) is 20.2 Å². The highest BCUT2D eigenvalue weighted by atomic mass is 19.1. The summed E-state index contributed by atoms with van der Waals surface area (Å²) in [6, 6.07) is 16.2. The van der Waals surface area contributed by atoms with Gasteiger partial charge in [-0.15, -0.1) is 10.2 Å². The number of aromatic nitrogens is 4. The summed E-state index contributed by atoms with van der Waals surface area (Å²) in [5.74, 6) is -1.22. The number of carbonyl (C=O) groups is 1. The van der Waals surface area contributed by atoms with E-state index in [1.807, 2.05) is 30.0 Å². The lowest BCUT2D eigenvalue weighted by Gasteiger charge is -2.33. The molecule has 9 nitrogen and oxygen atoms in total. The van der Waals surface area contributed by atoms with Crippen molar-refractivity contribution in [2.24, 2.45) is 0 Å². The fraction of sp³-hybridized carbons (Fsp3) is 0.241.